The molecule has 2 N–H and O–H groups in total. The van der Waals surface area contributed by atoms with Crippen molar-refractivity contribution in [3.63, 3.8) is 0 Å². The van der Waals surface area contributed by atoms with E-state index < -0.39 is 6.10 Å². The molecule has 0 saturated carbocycles. The minimum absolute atomic E-state index is 0.0712. The van der Waals surface area contributed by atoms with E-state index >= 15 is 0 Å². The molecule has 26 heavy (non-hydrogen) atoms. The van der Waals surface area contributed by atoms with E-state index in [0.29, 0.717) is 18.7 Å². The van der Waals surface area contributed by atoms with Gasteiger partial charge in [-0.3, -0.25) is 14.6 Å². The van der Waals surface area contributed by atoms with Crippen molar-refractivity contribution in [3.8, 4) is 0 Å². The van der Waals surface area contributed by atoms with E-state index in [4.69, 9.17) is 4.74 Å². The SMILES string of the molecule is CCCNC(=O)CN1CCN(C[C@H](O)COCc2ccccc2F)CC1. The summed E-state index contributed by atoms with van der Waals surface area (Å²) in [6.45, 7) is 7.28. The fraction of sp³-hybridized carbons (Fsp3) is 0.632. The Labute approximate surface area is 154 Å². The molecular weight excluding hydrogens is 337 g/mol. The molecule has 0 radical (unpaired) electrons. The number of amides is 1. The number of hydrogen-bond donors (Lipinski definition) is 2. The number of ether oxygens (including phenoxy) is 1. The van der Waals surface area contributed by atoms with Crippen LogP contribution in [0.4, 0.5) is 4.39 Å². The second kappa shape index (κ2) is 11.2. The molecule has 0 aromatic heterocycles. The normalized spacial score (nSPS) is 17.2. The molecule has 1 saturated heterocycles. The first kappa shape index (κ1) is 20.8. The summed E-state index contributed by atoms with van der Waals surface area (Å²) in [5, 5.41) is 13.0. The second-order valence-electron chi connectivity index (χ2n) is 6.69. The predicted molar refractivity (Wildman–Crippen MR) is 98.2 cm³/mol. The van der Waals surface area contributed by atoms with Gasteiger partial charge in [-0.1, -0.05) is 25.1 Å². The van der Waals surface area contributed by atoms with Gasteiger partial charge in [-0.05, 0) is 12.5 Å². The van der Waals surface area contributed by atoms with Crippen molar-refractivity contribution in [2.24, 2.45) is 0 Å². The Morgan fingerprint density at radius 3 is 2.65 bits per heavy atom. The van der Waals surface area contributed by atoms with Crippen LogP contribution < -0.4 is 5.32 Å². The van der Waals surface area contributed by atoms with E-state index in [1.807, 2.05) is 6.92 Å². The fourth-order valence-electron chi connectivity index (χ4n) is 2.92. The molecule has 1 aliphatic heterocycles. The zero-order valence-corrected chi connectivity index (χ0v) is 15.5. The summed E-state index contributed by atoms with van der Waals surface area (Å²) >= 11 is 0. The van der Waals surface area contributed by atoms with Crippen LogP contribution in [0.15, 0.2) is 24.3 Å². The topological polar surface area (TPSA) is 65.0 Å². The summed E-state index contributed by atoms with van der Waals surface area (Å²) in [7, 11) is 0. The lowest BCUT2D eigenvalue weighted by atomic mass is 10.2. The Kier molecular flexibility index (Phi) is 8.97. The van der Waals surface area contributed by atoms with Gasteiger partial charge in [0, 0.05) is 44.8 Å². The number of benzene rings is 1. The molecule has 1 aromatic rings. The van der Waals surface area contributed by atoms with Crippen LogP contribution in [0.2, 0.25) is 0 Å². The van der Waals surface area contributed by atoms with Crippen molar-refractivity contribution in [2.45, 2.75) is 26.1 Å². The van der Waals surface area contributed by atoms with Gasteiger partial charge < -0.3 is 15.2 Å². The maximum atomic E-state index is 13.5. The number of carbonyl (C=O) groups excluding carboxylic acids is 1. The third-order valence-corrected chi connectivity index (χ3v) is 4.40. The highest BCUT2D eigenvalue weighted by atomic mass is 19.1. The van der Waals surface area contributed by atoms with Gasteiger partial charge in [0.15, 0.2) is 0 Å². The number of nitrogens with one attached hydrogen (secondary N) is 1. The highest BCUT2D eigenvalue weighted by molar-refractivity contribution is 5.77. The van der Waals surface area contributed by atoms with Crippen molar-refractivity contribution in [2.75, 3.05) is 52.4 Å². The van der Waals surface area contributed by atoms with Crippen molar-refractivity contribution >= 4 is 5.91 Å². The molecule has 0 bridgehead atoms. The number of rotatable bonds is 10. The molecule has 1 aromatic carbocycles. The van der Waals surface area contributed by atoms with Gasteiger partial charge in [-0.15, -0.1) is 0 Å². The number of piperazine rings is 1. The minimum atomic E-state index is -0.610. The van der Waals surface area contributed by atoms with Gasteiger partial charge in [0.2, 0.25) is 5.91 Å². The number of aliphatic hydroxyl groups excluding tert-OH is 1. The lowest BCUT2D eigenvalue weighted by Gasteiger charge is -2.35. The Morgan fingerprint density at radius 2 is 1.96 bits per heavy atom. The summed E-state index contributed by atoms with van der Waals surface area (Å²) < 4.78 is 18.9. The number of halogens is 1. The number of nitrogens with zero attached hydrogens (tertiary/aromatic N) is 2. The Balaban J connectivity index is 1.59. The highest BCUT2D eigenvalue weighted by Crippen LogP contribution is 2.08. The molecule has 1 heterocycles. The van der Waals surface area contributed by atoms with E-state index in [2.05, 4.69) is 15.1 Å². The molecule has 1 atom stereocenters. The Bertz CT molecular complexity index is 551. The molecule has 146 valence electrons. The zero-order chi connectivity index (χ0) is 18.8. The van der Waals surface area contributed by atoms with Crippen LogP contribution in [-0.4, -0.2) is 79.3 Å². The second-order valence-corrected chi connectivity index (χ2v) is 6.69. The van der Waals surface area contributed by atoms with Crippen molar-refractivity contribution in [3.05, 3.63) is 35.6 Å². The van der Waals surface area contributed by atoms with E-state index in [0.717, 1.165) is 39.1 Å². The Hall–Kier alpha value is -1.54. The molecule has 0 aliphatic carbocycles. The van der Waals surface area contributed by atoms with Crippen LogP contribution in [0.1, 0.15) is 18.9 Å². The average molecular weight is 367 g/mol. The third-order valence-electron chi connectivity index (χ3n) is 4.40. The average Bonchev–Trinajstić information content (AvgIpc) is 2.63. The monoisotopic (exact) mass is 367 g/mol. The molecule has 1 fully saturated rings. The number of carbonyl (C=O) groups is 1. The fourth-order valence-corrected chi connectivity index (χ4v) is 2.92. The van der Waals surface area contributed by atoms with E-state index in [-0.39, 0.29) is 24.9 Å². The van der Waals surface area contributed by atoms with E-state index in [9.17, 15) is 14.3 Å². The van der Waals surface area contributed by atoms with Gasteiger partial charge in [0.05, 0.1) is 25.9 Å². The van der Waals surface area contributed by atoms with Gasteiger partial charge >= 0.3 is 0 Å². The number of hydrogen-bond acceptors (Lipinski definition) is 5. The van der Waals surface area contributed by atoms with Crippen LogP contribution in [0, 0.1) is 5.82 Å². The molecule has 1 amide bonds. The first-order chi connectivity index (χ1) is 12.6. The summed E-state index contributed by atoms with van der Waals surface area (Å²) in [6, 6.07) is 6.48. The molecule has 1 aliphatic rings. The van der Waals surface area contributed by atoms with Crippen LogP contribution in [0.25, 0.3) is 0 Å². The van der Waals surface area contributed by atoms with E-state index in [1.165, 1.54) is 6.07 Å². The van der Waals surface area contributed by atoms with Crippen LogP contribution in [0.5, 0.6) is 0 Å². The molecule has 0 unspecified atom stereocenters. The lowest BCUT2D eigenvalue weighted by molar-refractivity contribution is -0.122. The summed E-state index contributed by atoms with van der Waals surface area (Å²) in [4.78, 5) is 16.0. The van der Waals surface area contributed by atoms with Gasteiger partial charge in [0.25, 0.3) is 0 Å². The van der Waals surface area contributed by atoms with Crippen LogP contribution in [0.3, 0.4) is 0 Å². The molecule has 6 nitrogen and oxygen atoms in total. The summed E-state index contributed by atoms with van der Waals surface area (Å²) in [5.41, 5.74) is 0.495. The number of β-amino-alcohol motifs (C(OH)–C–C–N with tert-alkyl or cyclic N) is 1. The Morgan fingerprint density at radius 1 is 1.27 bits per heavy atom. The first-order valence-electron chi connectivity index (χ1n) is 9.29. The highest BCUT2D eigenvalue weighted by Gasteiger charge is 2.20. The zero-order valence-electron chi connectivity index (χ0n) is 15.5. The maximum absolute atomic E-state index is 13.5. The largest absolute Gasteiger partial charge is 0.389 e. The summed E-state index contributed by atoms with van der Waals surface area (Å²) in [5.74, 6) is -0.219. The standard InChI is InChI=1S/C19H30FN3O3/c1-2-7-21-19(25)13-23-10-8-22(9-11-23)12-17(24)15-26-14-16-5-3-4-6-18(16)20/h3-6,17,24H,2,7-15H2,1H3,(H,21,25)/t17-/m0/s1. The summed E-state index contributed by atoms with van der Waals surface area (Å²) in [6.07, 6.45) is 0.331. The van der Waals surface area contributed by atoms with Crippen molar-refractivity contribution in [1.82, 2.24) is 15.1 Å². The van der Waals surface area contributed by atoms with E-state index in [1.54, 1.807) is 18.2 Å². The molecule has 7 heteroatoms. The van der Waals surface area contributed by atoms with Gasteiger partial charge in [0.1, 0.15) is 5.82 Å². The molecule has 2 rings (SSSR count). The minimum Gasteiger partial charge on any atom is -0.389 e. The van der Waals surface area contributed by atoms with Gasteiger partial charge in [-0.25, -0.2) is 4.39 Å². The van der Waals surface area contributed by atoms with Crippen molar-refractivity contribution < 1.29 is 19.0 Å². The molecular formula is C19H30FN3O3. The van der Waals surface area contributed by atoms with Crippen LogP contribution >= 0.6 is 0 Å². The van der Waals surface area contributed by atoms with Crippen molar-refractivity contribution in [1.29, 1.82) is 0 Å². The molecule has 0 spiro atoms. The first-order valence-corrected chi connectivity index (χ1v) is 9.29. The quantitative estimate of drug-likeness (QED) is 0.642. The smallest absolute Gasteiger partial charge is 0.234 e. The number of aliphatic hydroxyl groups is 1. The van der Waals surface area contributed by atoms with Crippen LogP contribution in [-0.2, 0) is 16.1 Å². The maximum Gasteiger partial charge on any atom is 0.234 e. The predicted octanol–water partition coefficient (Wildman–Crippen LogP) is 0.847. The van der Waals surface area contributed by atoms with Gasteiger partial charge in [-0.2, -0.15) is 0 Å². The lowest BCUT2D eigenvalue weighted by Crippen LogP contribution is -2.51. The third kappa shape index (κ3) is 7.37.